The number of hydrogen-bond donors (Lipinski definition) is 0. The fraction of sp³-hybridized carbons (Fsp3) is 0.750. The van der Waals surface area contributed by atoms with E-state index in [1.807, 2.05) is 6.92 Å². The second-order valence-electron chi connectivity index (χ2n) is 2.67. The zero-order valence-corrected chi connectivity index (χ0v) is 8.11. The van der Waals surface area contributed by atoms with Crippen molar-refractivity contribution in [2.75, 3.05) is 0 Å². The Morgan fingerprint density at radius 3 is 2.27 bits per heavy atom. The van der Waals surface area contributed by atoms with Gasteiger partial charge in [-0.1, -0.05) is 13.8 Å². The lowest BCUT2D eigenvalue weighted by Crippen LogP contribution is -1.93. The number of aromatic nitrogens is 2. The molecule has 0 aliphatic carbocycles. The first-order chi connectivity index (χ1) is 5.27. The molecule has 0 fully saturated rings. The third-order valence-electron chi connectivity index (χ3n) is 1.88. The summed E-state index contributed by atoms with van der Waals surface area (Å²) in [6, 6.07) is 0. The molecule has 1 aromatic rings. The normalized spacial score (nSPS) is 10.9. The van der Waals surface area contributed by atoms with Crippen molar-refractivity contribution in [1.82, 2.24) is 10.2 Å². The first-order valence-electron chi connectivity index (χ1n) is 4.07. The molecule has 11 heavy (non-hydrogen) atoms. The van der Waals surface area contributed by atoms with Crippen molar-refractivity contribution >= 4 is 11.3 Å². The fourth-order valence-electron chi connectivity index (χ4n) is 1.11. The molecule has 3 heteroatoms. The predicted octanol–water partition coefficient (Wildman–Crippen LogP) is 2.75. The summed E-state index contributed by atoms with van der Waals surface area (Å²) in [6.07, 6.45) is 2.34. The molecule has 0 unspecified atom stereocenters. The SMILES string of the molecule is CCC(CC)c1nnc(C)s1. The standard InChI is InChI=1S/C8H14N2S/c1-4-7(5-2)8-10-9-6(3)11-8/h7H,4-5H2,1-3H3. The van der Waals surface area contributed by atoms with Crippen molar-refractivity contribution < 1.29 is 0 Å². The van der Waals surface area contributed by atoms with Gasteiger partial charge in [0, 0.05) is 5.92 Å². The zero-order chi connectivity index (χ0) is 8.27. The topological polar surface area (TPSA) is 25.8 Å². The molecule has 1 aromatic heterocycles. The molecule has 0 bridgehead atoms. The molecule has 2 nitrogen and oxygen atoms in total. The second-order valence-corrected chi connectivity index (χ2v) is 3.89. The zero-order valence-electron chi connectivity index (χ0n) is 7.29. The highest BCUT2D eigenvalue weighted by atomic mass is 32.1. The van der Waals surface area contributed by atoms with Gasteiger partial charge in [-0.15, -0.1) is 21.5 Å². The molecule has 1 heterocycles. The Bertz CT molecular complexity index is 216. The lowest BCUT2D eigenvalue weighted by atomic mass is 10.1. The van der Waals surface area contributed by atoms with Crippen LogP contribution in [0.25, 0.3) is 0 Å². The predicted molar refractivity (Wildman–Crippen MR) is 48.0 cm³/mol. The molecular formula is C8H14N2S. The van der Waals surface area contributed by atoms with E-state index in [1.165, 1.54) is 17.8 Å². The molecular weight excluding hydrogens is 156 g/mol. The van der Waals surface area contributed by atoms with Crippen LogP contribution in [0, 0.1) is 6.92 Å². The van der Waals surface area contributed by atoms with Gasteiger partial charge in [-0.05, 0) is 19.8 Å². The van der Waals surface area contributed by atoms with E-state index in [9.17, 15) is 0 Å². The smallest absolute Gasteiger partial charge is 0.120 e. The summed E-state index contributed by atoms with van der Waals surface area (Å²) < 4.78 is 0. The minimum absolute atomic E-state index is 0.626. The monoisotopic (exact) mass is 170 g/mol. The molecule has 0 saturated heterocycles. The van der Waals surface area contributed by atoms with Gasteiger partial charge < -0.3 is 0 Å². The van der Waals surface area contributed by atoms with Gasteiger partial charge in [0.25, 0.3) is 0 Å². The average Bonchev–Trinajstić information content (AvgIpc) is 2.39. The molecule has 0 spiro atoms. The minimum atomic E-state index is 0.626. The third kappa shape index (κ3) is 1.99. The molecule has 0 aliphatic heterocycles. The highest BCUT2D eigenvalue weighted by Gasteiger charge is 2.10. The summed E-state index contributed by atoms with van der Waals surface area (Å²) in [7, 11) is 0. The van der Waals surface area contributed by atoms with E-state index in [0.717, 1.165) is 5.01 Å². The summed E-state index contributed by atoms with van der Waals surface area (Å²) in [6.45, 7) is 6.40. The van der Waals surface area contributed by atoms with Crippen LogP contribution in [0.3, 0.4) is 0 Å². The van der Waals surface area contributed by atoms with Crippen molar-refractivity contribution in [3.05, 3.63) is 10.0 Å². The summed E-state index contributed by atoms with van der Waals surface area (Å²) in [4.78, 5) is 0. The minimum Gasteiger partial charge on any atom is -0.144 e. The number of rotatable bonds is 3. The Hall–Kier alpha value is -0.440. The molecule has 0 radical (unpaired) electrons. The van der Waals surface area contributed by atoms with Crippen molar-refractivity contribution in [3.63, 3.8) is 0 Å². The molecule has 0 saturated carbocycles. The Kier molecular flexibility index (Phi) is 3.00. The molecule has 0 atom stereocenters. The van der Waals surface area contributed by atoms with Crippen molar-refractivity contribution in [2.24, 2.45) is 0 Å². The van der Waals surface area contributed by atoms with E-state index < -0.39 is 0 Å². The van der Waals surface area contributed by atoms with E-state index in [4.69, 9.17) is 0 Å². The summed E-state index contributed by atoms with van der Waals surface area (Å²) >= 11 is 1.72. The number of nitrogens with zero attached hydrogens (tertiary/aromatic N) is 2. The quantitative estimate of drug-likeness (QED) is 0.697. The van der Waals surface area contributed by atoms with Gasteiger partial charge in [0.1, 0.15) is 10.0 Å². The van der Waals surface area contributed by atoms with E-state index in [0.29, 0.717) is 5.92 Å². The van der Waals surface area contributed by atoms with Crippen LogP contribution < -0.4 is 0 Å². The largest absolute Gasteiger partial charge is 0.144 e. The first kappa shape index (κ1) is 8.65. The van der Waals surface area contributed by atoms with Gasteiger partial charge in [-0.2, -0.15) is 0 Å². The molecule has 0 aliphatic rings. The van der Waals surface area contributed by atoms with Gasteiger partial charge >= 0.3 is 0 Å². The van der Waals surface area contributed by atoms with E-state index >= 15 is 0 Å². The van der Waals surface area contributed by atoms with Crippen LogP contribution in [0.1, 0.15) is 42.6 Å². The lowest BCUT2D eigenvalue weighted by Gasteiger charge is -2.05. The van der Waals surface area contributed by atoms with Gasteiger partial charge in [-0.25, -0.2) is 0 Å². The van der Waals surface area contributed by atoms with Crippen LogP contribution in [0.15, 0.2) is 0 Å². The van der Waals surface area contributed by atoms with Crippen LogP contribution in [0.5, 0.6) is 0 Å². The van der Waals surface area contributed by atoms with Gasteiger partial charge in [0.15, 0.2) is 0 Å². The highest BCUT2D eigenvalue weighted by Crippen LogP contribution is 2.25. The molecule has 62 valence electrons. The molecule has 0 aromatic carbocycles. The Balaban J connectivity index is 2.73. The third-order valence-corrected chi connectivity index (χ3v) is 2.88. The average molecular weight is 170 g/mol. The maximum Gasteiger partial charge on any atom is 0.120 e. The van der Waals surface area contributed by atoms with Crippen LogP contribution in [0.2, 0.25) is 0 Å². The maximum atomic E-state index is 4.13. The van der Waals surface area contributed by atoms with Crippen molar-refractivity contribution in [3.8, 4) is 0 Å². The molecule has 1 rings (SSSR count). The van der Waals surface area contributed by atoms with E-state index in [2.05, 4.69) is 24.0 Å². The number of aryl methyl sites for hydroxylation is 1. The Labute approximate surface area is 71.7 Å². The van der Waals surface area contributed by atoms with E-state index in [-0.39, 0.29) is 0 Å². The summed E-state index contributed by atoms with van der Waals surface area (Å²) in [5.41, 5.74) is 0. The van der Waals surface area contributed by atoms with E-state index in [1.54, 1.807) is 11.3 Å². The molecule has 0 amide bonds. The van der Waals surface area contributed by atoms with Crippen LogP contribution in [0.4, 0.5) is 0 Å². The van der Waals surface area contributed by atoms with Crippen LogP contribution in [-0.2, 0) is 0 Å². The van der Waals surface area contributed by atoms with Crippen molar-refractivity contribution in [1.29, 1.82) is 0 Å². The maximum absolute atomic E-state index is 4.13. The number of hydrogen-bond acceptors (Lipinski definition) is 3. The van der Waals surface area contributed by atoms with Crippen LogP contribution >= 0.6 is 11.3 Å². The molecule has 0 N–H and O–H groups in total. The van der Waals surface area contributed by atoms with Gasteiger partial charge in [0.05, 0.1) is 0 Å². The first-order valence-corrected chi connectivity index (χ1v) is 4.89. The lowest BCUT2D eigenvalue weighted by molar-refractivity contribution is 0.630. The summed E-state index contributed by atoms with van der Waals surface area (Å²) in [5.74, 6) is 0.626. The summed E-state index contributed by atoms with van der Waals surface area (Å²) in [5, 5.41) is 10.4. The van der Waals surface area contributed by atoms with Gasteiger partial charge in [-0.3, -0.25) is 0 Å². The highest BCUT2D eigenvalue weighted by molar-refractivity contribution is 7.11. The van der Waals surface area contributed by atoms with Gasteiger partial charge in [0.2, 0.25) is 0 Å². The second kappa shape index (κ2) is 3.81. The fourth-order valence-corrected chi connectivity index (χ4v) is 2.08. The van der Waals surface area contributed by atoms with Crippen molar-refractivity contribution in [2.45, 2.75) is 39.5 Å². The Morgan fingerprint density at radius 1 is 1.27 bits per heavy atom. The Morgan fingerprint density at radius 2 is 1.91 bits per heavy atom. The van der Waals surface area contributed by atoms with Crippen LogP contribution in [-0.4, -0.2) is 10.2 Å².